The number of anilines is 2. The highest BCUT2D eigenvalue weighted by Crippen LogP contribution is 2.22. The van der Waals surface area contributed by atoms with E-state index in [0.29, 0.717) is 31.9 Å². The van der Waals surface area contributed by atoms with Crippen LogP contribution in [0.5, 0.6) is 0 Å². The summed E-state index contributed by atoms with van der Waals surface area (Å²) < 4.78 is 32.0. The van der Waals surface area contributed by atoms with Crippen LogP contribution in [0.25, 0.3) is 0 Å². The number of aromatic nitrogens is 1. The number of hydrogen-bond acceptors (Lipinski definition) is 6. The molecule has 1 fully saturated rings. The van der Waals surface area contributed by atoms with Crippen LogP contribution in [0.15, 0.2) is 39.8 Å². The summed E-state index contributed by atoms with van der Waals surface area (Å²) in [5.41, 5.74) is 0.567. The standard InChI is InChI=1S/C16H20N4O4S/c1-12-11-16(18-24-12)19-7-9-20(10-8-19)25(22,23)15-5-3-14(4-6-15)17-13(2)21/h3-6,11H,7-10H2,1-2H3,(H,17,21). The average molecular weight is 364 g/mol. The predicted octanol–water partition coefficient (Wildman–Crippen LogP) is 1.45. The SMILES string of the molecule is CC(=O)Nc1ccc(S(=O)(=O)N2CCN(c3cc(C)on3)CC2)cc1. The van der Waals surface area contributed by atoms with Gasteiger partial charge in [-0.1, -0.05) is 5.16 Å². The van der Waals surface area contributed by atoms with Gasteiger partial charge in [0, 0.05) is 44.9 Å². The fourth-order valence-electron chi connectivity index (χ4n) is 2.72. The number of carbonyl (C=O) groups excluding carboxylic acids is 1. The summed E-state index contributed by atoms with van der Waals surface area (Å²) in [7, 11) is -3.56. The monoisotopic (exact) mass is 364 g/mol. The lowest BCUT2D eigenvalue weighted by Crippen LogP contribution is -2.48. The second kappa shape index (κ2) is 6.85. The number of nitrogens with one attached hydrogen (secondary N) is 1. The van der Waals surface area contributed by atoms with E-state index in [9.17, 15) is 13.2 Å². The number of amides is 1. The first kappa shape index (κ1) is 17.4. The number of carbonyl (C=O) groups is 1. The molecule has 0 spiro atoms. The Morgan fingerprint density at radius 3 is 2.32 bits per heavy atom. The molecule has 1 amide bonds. The van der Waals surface area contributed by atoms with Gasteiger partial charge in [-0.2, -0.15) is 4.31 Å². The molecule has 9 heteroatoms. The maximum atomic E-state index is 12.8. The molecule has 0 unspecified atom stereocenters. The third kappa shape index (κ3) is 3.83. The van der Waals surface area contributed by atoms with Crippen molar-refractivity contribution in [3.8, 4) is 0 Å². The minimum Gasteiger partial charge on any atom is -0.360 e. The van der Waals surface area contributed by atoms with Crippen molar-refractivity contribution in [3.05, 3.63) is 36.1 Å². The molecule has 0 aliphatic carbocycles. The van der Waals surface area contributed by atoms with Crippen LogP contribution in [0.1, 0.15) is 12.7 Å². The zero-order valence-electron chi connectivity index (χ0n) is 14.1. The van der Waals surface area contributed by atoms with Gasteiger partial charge in [0.15, 0.2) is 5.82 Å². The van der Waals surface area contributed by atoms with Crippen LogP contribution in [0.4, 0.5) is 11.5 Å². The van der Waals surface area contributed by atoms with Crippen molar-refractivity contribution < 1.29 is 17.7 Å². The van der Waals surface area contributed by atoms with Gasteiger partial charge in [0.25, 0.3) is 0 Å². The number of hydrogen-bond donors (Lipinski definition) is 1. The van der Waals surface area contributed by atoms with Crippen molar-refractivity contribution in [1.82, 2.24) is 9.46 Å². The summed E-state index contributed by atoms with van der Waals surface area (Å²) >= 11 is 0. The highest BCUT2D eigenvalue weighted by molar-refractivity contribution is 7.89. The van der Waals surface area contributed by atoms with Crippen LogP contribution in [-0.2, 0) is 14.8 Å². The Hall–Kier alpha value is -2.39. The fraction of sp³-hybridized carbons (Fsp3) is 0.375. The number of benzene rings is 1. The van der Waals surface area contributed by atoms with E-state index in [1.807, 2.05) is 17.9 Å². The van der Waals surface area contributed by atoms with Crippen LogP contribution in [0, 0.1) is 6.92 Å². The lowest BCUT2D eigenvalue weighted by Gasteiger charge is -2.33. The van der Waals surface area contributed by atoms with Gasteiger partial charge in [0.05, 0.1) is 4.90 Å². The van der Waals surface area contributed by atoms with Crippen molar-refractivity contribution in [3.63, 3.8) is 0 Å². The summed E-state index contributed by atoms with van der Waals surface area (Å²) in [6, 6.07) is 8.03. The highest BCUT2D eigenvalue weighted by atomic mass is 32.2. The summed E-state index contributed by atoms with van der Waals surface area (Å²) in [4.78, 5) is 13.3. The number of nitrogens with zero attached hydrogens (tertiary/aromatic N) is 3. The minimum atomic E-state index is -3.56. The van der Waals surface area contributed by atoms with Crippen LogP contribution in [-0.4, -0.2) is 50.0 Å². The lowest BCUT2D eigenvalue weighted by molar-refractivity contribution is -0.114. The first-order valence-corrected chi connectivity index (χ1v) is 9.36. The zero-order valence-corrected chi connectivity index (χ0v) is 14.9. The molecule has 8 nitrogen and oxygen atoms in total. The lowest BCUT2D eigenvalue weighted by atomic mass is 10.3. The molecule has 1 aliphatic rings. The summed E-state index contributed by atoms with van der Waals surface area (Å²) in [6.45, 7) is 5.08. The Labute approximate surface area is 146 Å². The molecule has 0 atom stereocenters. The molecule has 2 heterocycles. The maximum Gasteiger partial charge on any atom is 0.243 e. The van der Waals surface area contributed by atoms with Gasteiger partial charge < -0.3 is 14.7 Å². The number of sulfonamides is 1. The molecule has 1 N–H and O–H groups in total. The number of aryl methyl sites for hydroxylation is 1. The van der Waals surface area contributed by atoms with Crippen molar-refractivity contribution >= 4 is 27.4 Å². The quantitative estimate of drug-likeness (QED) is 0.882. The summed E-state index contributed by atoms with van der Waals surface area (Å²) in [5.74, 6) is 1.26. The topological polar surface area (TPSA) is 95.8 Å². The maximum absolute atomic E-state index is 12.8. The van der Waals surface area contributed by atoms with E-state index in [-0.39, 0.29) is 10.8 Å². The summed E-state index contributed by atoms with van der Waals surface area (Å²) in [5, 5.41) is 6.59. The average Bonchev–Trinajstić information content (AvgIpc) is 3.01. The minimum absolute atomic E-state index is 0.199. The third-order valence-corrected chi connectivity index (χ3v) is 5.90. The predicted molar refractivity (Wildman–Crippen MR) is 93.0 cm³/mol. The molecule has 25 heavy (non-hydrogen) atoms. The van der Waals surface area contributed by atoms with E-state index in [0.717, 1.165) is 11.6 Å². The Kier molecular flexibility index (Phi) is 4.78. The highest BCUT2D eigenvalue weighted by Gasteiger charge is 2.29. The van der Waals surface area contributed by atoms with Crippen molar-refractivity contribution in [2.75, 3.05) is 36.4 Å². The van der Waals surface area contributed by atoms with Crippen LogP contribution in [0.3, 0.4) is 0 Å². The smallest absolute Gasteiger partial charge is 0.243 e. The molecule has 0 bridgehead atoms. The molecule has 3 rings (SSSR count). The molecule has 1 aromatic carbocycles. The molecule has 1 saturated heterocycles. The van der Waals surface area contributed by atoms with Crippen LogP contribution >= 0.6 is 0 Å². The molecule has 0 radical (unpaired) electrons. The largest absolute Gasteiger partial charge is 0.360 e. The van der Waals surface area contributed by atoms with E-state index in [4.69, 9.17) is 4.52 Å². The van der Waals surface area contributed by atoms with Gasteiger partial charge in [0.2, 0.25) is 15.9 Å². The van der Waals surface area contributed by atoms with Crippen LogP contribution < -0.4 is 10.2 Å². The van der Waals surface area contributed by atoms with E-state index in [1.54, 1.807) is 12.1 Å². The molecular weight excluding hydrogens is 344 g/mol. The Morgan fingerprint density at radius 1 is 1.16 bits per heavy atom. The van der Waals surface area contributed by atoms with Gasteiger partial charge in [0.1, 0.15) is 5.76 Å². The Bertz CT molecular complexity index is 853. The van der Waals surface area contributed by atoms with Gasteiger partial charge in [-0.05, 0) is 31.2 Å². The second-order valence-corrected chi connectivity index (χ2v) is 7.83. The fourth-order valence-corrected chi connectivity index (χ4v) is 4.14. The van der Waals surface area contributed by atoms with E-state index in [1.165, 1.54) is 23.4 Å². The molecule has 1 aliphatic heterocycles. The van der Waals surface area contributed by atoms with Gasteiger partial charge in [-0.15, -0.1) is 0 Å². The third-order valence-electron chi connectivity index (χ3n) is 3.99. The van der Waals surface area contributed by atoms with E-state index >= 15 is 0 Å². The van der Waals surface area contributed by atoms with Crippen molar-refractivity contribution in [1.29, 1.82) is 0 Å². The first-order chi connectivity index (χ1) is 11.9. The molecule has 1 aromatic heterocycles. The first-order valence-electron chi connectivity index (χ1n) is 7.92. The van der Waals surface area contributed by atoms with Crippen molar-refractivity contribution in [2.45, 2.75) is 18.7 Å². The number of piperazine rings is 1. The Morgan fingerprint density at radius 2 is 1.80 bits per heavy atom. The molecule has 2 aromatic rings. The van der Waals surface area contributed by atoms with E-state index in [2.05, 4.69) is 10.5 Å². The second-order valence-electron chi connectivity index (χ2n) is 5.89. The van der Waals surface area contributed by atoms with E-state index < -0.39 is 10.0 Å². The van der Waals surface area contributed by atoms with Gasteiger partial charge in [-0.25, -0.2) is 8.42 Å². The number of rotatable bonds is 4. The van der Waals surface area contributed by atoms with Crippen LogP contribution in [0.2, 0.25) is 0 Å². The molecular formula is C16H20N4O4S. The normalized spacial score (nSPS) is 16.0. The van der Waals surface area contributed by atoms with Gasteiger partial charge in [-0.3, -0.25) is 4.79 Å². The Balaban J connectivity index is 1.68. The van der Waals surface area contributed by atoms with Crippen molar-refractivity contribution in [2.24, 2.45) is 0 Å². The molecule has 0 saturated carbocycles. The zero-order chi connectivity index (χ0) is 18.0. The van der Waals surface area contributed by atoms with Gasteiger partial charge >= 0.3 is 0 Å². The summed E-state index contributed by atoms with van der Waals surface area (Å²) in [6.07, 6.45) is 0. The molecule has 134 valence electrons.